The highest BCUT2D eigenvalue weighted by molar-refractivity contribution is 7.99. The van der Waals surface area contributed by atoms with Gasteiger partial charge in [0.05, 0.1) is 0 Å². The number of nitrogens with zero attached hydrogens (tertiary/aromatic N) is 1. The van der Waals surface area contributed by atoms with Gasteiger partial charge in [-0.05, 0) is 25.1 Å². The fraction of sp³-hybridized carbons (Fsp3) is 1.00. The van der Waals surface area contributed by atoms with Crippen molar-refractivity contribution in [2.45, 2.75) is 26.7 Å². The van der Waals surface area contributed by atoms with Crippen molar-refractivity contribution < 1.29 is 5.11 Å². The van der Waals surface area contributed by atoms with Crippen molar-refractivity contribution in [3.63, 3.8) is 0 Å². The first kappa shape index (κ1) is 12.3. The minimum absolute atomic E-state index is 0.162. The summed E-state index contributed by atoms with van der Waals surface area (Å²) >= 11 is 2.01. The maximum atomic E-state index is 9.31. The van der Waals surface area contributed by atoms with Crippen molar-refractivity contribution in [2.24, 2.45) is 5.41 Å². The molecule has 1 N–H and O–H groups in total. The zero-order chi connectivity index (χ0) is 10.4. The summed E-state index contributed by atoms with van der Waals surface area (Å²) in [6.07, 6.45) is 2.43. The molecule has 0 spiro atoms. The van der Waals surface area contributed by atoms with Gasteiger partial charge in [-0.2, -0.15) is 11.8 Å². The number of thioether (sulfide) groups is 1. The molecule has 1 unspecified atom stereocenters. The van der Waals surface area contributed by atoms with E-state index in [2.05, 4.69) is 18.7 Å². The van der Waals surface area contributed by atoms with Gasteiger partial charge < -0.3 is 10.0 Å². The molecule has 84 valence electrons. The van der Waals surface area contributed by atoms with Gasteiger partial charge in [-0.1, -0.05) is 13.8 Å². The number of piperidine rings is 1. The molecule has 0 aromatic rings. The fourth-order valence-electron chi connectivity index (χ4n) is 2.09. The monoisotopic (exact) mass is 217 g/mol. The first-order valence-electron chi connectivity index (χ1n) is 5.61. The van der Waals surface area contributed by atoms with Crippen LogP contribution in [0.15, 0.2) is 0 Å². The molecule has 1 heterocycles. The Hall–Kier alpha value is 0.270. The molecule has 1 aliphatic heterocycles. The number of hydrogen-bond donors (Lipinski definition) is 1. The second-order valence-corrected chi connectivity index (χ2v) is 5.94. The normalized spacial score (nSPS) is 29.4. The Morgan fingerprint density at radius 1 is 1.50 bits per heavy atom. The fourth-order valence-corrected chi connectivity index (χ4v) is 2.76. The molecule has 0 bridgehead atoms. The SMILES string of the molecule is CCSCCN1CCCC(C)(CO)C1. The number of likely N-dealkylation sites (tertiary alicyclic amines) is 1. The van der Waals surface area contributed by atoms with Crippen LogP contribution in [0.5, 0.6) is 0 Å². The minimum Gasteiger partial charge on any atom is -0.396 e. The van der Waals surface area contributed by atoms with Gasteiger partial charge in [0.2, 0.25) is 0 Å². The average molecular weight is 217 g/mol. The molecule has 1 fully saturated rings. The first-order chi connectivity index (χ1) is 6.70. The number of aliphatic hydroxyl groups excluding tert-OH is 1. The Labute approximate surface area is 92.1 Å². The van der Waals surface area contributed by atoms with Gasteiger partial charge >= 0.3 is 0 Å². The zero-order valence-corrected chi connectivity index (χ0v) is 10.3. The van der Waals surface area contributed by atoms with Crippen LogP contribution in [0.4, 0.5) is 0 Å². The first-order valence-corrected chi connectivity index (χ1v) is 6.76. The van der Waals surface area contributed by atoms with E-state index in [1.165, 1.54) is 37.4 Å². The highest BCUT2D eigenvalue weighted by Crippen LogP contribution is 2.28. The molecule has 0 aromatic carbocycles. The minimum atomic E-state index is 0.162. The summed E-state index contributed by atoms with van der Waals surface area (Å²) in [4.78, 5) is 2.50. The molecule has 0 aliphatic carbocycles. The quantitative estimate of drug-likeness (QED) is 0.711. The second-order valence-electron chi connectivity index (χ2n) is 4.55. The maximum Gasteiger partial charge on any atom is 0.0497 e. The Balaban J connectivity index is 2.25. The summed E-state index contributed by atoms with van der Waals surface area (Å²) in [7, 11) is 0. The highest BCUT2D eigenvalue weighted by atomic mass is 32.2. The van der Waals surface area contributed by atoms with Crippen LogP contribution in [0, 0.1) is 5.41 Å². The van der Waals surface area contributed by atoms with Crippen LogP contribution < -0.4 is 0 Å². The van der Waals surface area contributed by atoms with Gasteiger partial charge in [-0.15, -0.1) is 0 Å². The van der Waals surface area contributed by atoms with Crippen LogP contribution >= 0.6 is 11.8 Å². The highest BCUT2D eigenvalue weighted by Gasteiger charge is 2.29. The molecule has 1 aliphatic rings. The van der Waals surface area contributed by atoms with E-state index in [0.717, 1.165) is 6.54 Å². The number of hydrogen-bond acceptors (Lipinski definition) is 3. The smallest absolute Gasteiger partial charge is 0.0497 e. The Morgan fingerprint density at radius 2 is 2.29 bits per heavy atom. The molecular weight excluding hydrogens is 194 g/mol. The lowest BCUT2D eigenvalue weighted by atomic mass is 9.83. The van der Waals surface area contributed by atoms with Crippen molar-refractivity contribution in [1.29, 1.82) is 0 Å². The van der Waals surface area contributed by atoms with Gasteiger partial charge in [-0.3, -0.25) is 0 Å². The maximum absolute atomic E-state index is 9.31. The molecule has 1 saturated heterocycles. The van der Waals surface area contributed by atoms with Crippen molar-refractivity contribution >= 4 is 11.8 Å². The lowest BCUT2D eigenvalue weighted by molar-refractivity contribution is 0.0498. The standard InChI is InChI=1S/C11H23NOS/c1-3-14-8-7-12-6-4-5-11(2,9-12)10-13/h13H,3-10H2,1-2H3. The molecule has 0 amide bonds. The van der Waals surface area contributed by atoms with Gasteiger partial charge in [0.25, 0.3) is 0 Å². The lowest BCUT2D eigenvalue weighted by Crippen LogP contribution is -2.44. The van der Waals surface area contributed by atoms with Gasteiger partial charge in [0, 0.05) is 30.9 Å². The summed E-state index contributed by atoms with van der Waals surface area (Å²) in [6.45, 7) is 8.23. The zero-order valence-electron chi connectivity index (χ0n) is 9.46. The van der Waals surface area contributed by atoms with Crippen LogP contribution in [0.3, 0.4) is 0 Å². The molecule has 0 aromatic heterocycles. The molecule has 0 radical (unpaired) electrons. The second kappa shape index (κ2) is 5.99. The average Bonchev–Trinajstić information content (AvgIpc) is 2.19. The van der Waals surface area contributed by atoms with Gasteiger partial charge in [0.15, 0.2) is 0 Å². The molecular formula is C11H23NOS. The van der Waals surface area contributed by atoms with Crippen molar-refractivity contribution in [1.82, 2.24) is 4.90 Å². The van der Waals surface area contributed by atoms with Crippen molar-refractivity contribution in [3.8, 4) is 0 Å². The van der Waals surface area contributed by atoms with Crippen LogP contribution in [0.25, 0.3) is 0 Å². The van der Waals surface area contributed by atoms with Crippen molar-refractivity contribution in [2.75, 3.05) is 37.7 Å². The summed E-state index contributed by atoms with van der Waals surface area (Å²) in [6, 6.07) is 0. The summed E-state index contributed by atoms with van der Waals surface area (Å²) < 4.78 is 0. The van der Waals surface area contributed by atoms with Crippen LogP contribution in [0.2, 0.25) is 0 Å². The van der Waals surface area contributed by atoms with E-state index in [1.54, 1.807) is 0 Å². The lowest BCUT2D eigenvalue weighted by Gasteiger charge is -2.39. The third-order valence-corrected chi connectivity index (χ3v) is 3.88. The van der Waals surface area contributed by atoms with E-state index in [9.17, 15) is 5.11 Å². The Kier molecular flexibility index (Phi) is 5.28. The molecule has 0 saturated carbocycles. The third-order valence-electron chi connectivity index (χ3n) is 3.00. The molecule has 2 nitrogen and oxygen atoms in total. The molecule has 1 atom stereocenters. The molecule has 3 heteroatoms. The van der Waals surface area contributed by atoms with E-state index in [1.807, 2.05) is 11.8 Å². The van der Waals surface area contributed by atoms with E-state index >= 15 is 0 Å². The number of aliphatic hydroxyl groups is 1. The summed E-state index contributed by atoms with van der Waals surface area (Å²) in [5.74, 6) is 2.45. The number of rotatable bonds is 5. The van der Waals surface area contributed by atoms with E-state index < -0.39 is 0 Å². The topological polar surface area (TPSA) is 23.5 Å². The van der Waals surface area contributed by atoms with E-state index in [0.29, 0.717) is 6.61 Å². The van der Waals surface area contributed by atoms with E-state index in [4.69, 9.17) is 0 Å². The van der Waals surface area contributed by atoms with Gasteiger partial charge in [-0.25, -0.2) is 0 Å². The van der Waals surface area contributed by atoms with Crippen LogP contribution in [-0.4, -0.2) is 47.8 Å². The molecule has 14 heavy (non-hydrogen) atoms. The Bertz CT molecular complexity index is 165. The predicted molar refractivity (Wildman–Crippen MR) is 63.9 cm³/mol. The third kappa shape index (κ3) is 3.79. The summed E-state index contributed by atoms with van der Waals surface area (Å²) in [5.41, 5.74) is 0.162. The Morgan fingerprint density at radius 3 is 2.93 bits per heavy atom. The summed E-state index contributed by atoms with van der Waals surface area (Å²) in [5, 5.41) is 9.31. The molecule has 1 rings (SSSR count). The van der Waals surface area contributed by atoms with Crippen molar-refractivity contribution in [3.05, 3.63) is 0 Å². The largest absolute Gasteiger partial charge is 0.396 e. The van der Waals surface area contributed by atoms with Gasteiger partial charge in [0.1, 0.15) is 0 Å². The van der Waals surface area contributed by atoms with E-state index in [-0.39, 0.29) is 5.41 Å². The van der Waals surface area contributed by atoms with Crippen LogP contribution in [0.1, 0.15) is 26.7 Å². The predicted octanol–water partition coefficient (Wildman–Crippen LogP) is 1.83. The van der Waals surface area contributed by atoms with Crippen LogP contribution in [-0.2, 0) is 0 Å².